The molecular formula is C30H34Cl2N4O3S. The van der Waals surface area contributed by atoms with Gasteiger partial charge in [-0.3, -0.25) is 14.6 Å². The highest BCUT2D eigenvalue weighted by Gasteiger charge is 2.49. The number of benzene rings is 2. The van der Waals surface area contributed by atoms with Crippen LogP contribution in [0.4, 0.5) is 0 Å². The number of aliphatic imine (C=N–C) groups is 1. The van der Waals surface area contributed by atoms with Gasteiger partial charge in [0.1, 0.15) is 17.0 Å². The van der Waals surface area contributed by atoms with E-state index in [1.54, 1.807) is 24.0 Å². The number of fused-ring (bicyclic) bond motifs is 1. The zero-order chi connectivity index (χ0) is 28.6. The number of likely N-dealkylation sites (N-methyl/N-ethyl adjacent to an activating group) is 1. The number of nitrogens with zero attached hydrogens (tertiary/aromatic N) is 4. The van der Waals surface area contributed by atoms with Crippen LogP contribution in [0.1, 0.15) is 49.9 Å². The maximum Gasteiger partial charge on any atom is 0.263 e. The summed E-state index contributed by atoms with van der Waals surface area (Å²) in [6.45, 7) is 5.71. The first-order valence-corrected chi connectivity index (χ1v) is 15.1. The number of ether oxygens (including phenoxy) is 1. The Morgan fingerprint density at radius 1 is 1.07 bits per heavy atom. The van der Waals surface area contributed by atoms with Crippen molar-refractivity contribution in [3.8, 4) is 0 Å². The summed E-state index contributed by atoms with van der Waals surface area (Å²) in [5, 5.41) is 2.13. The molecule has 212 valence electrons. The highest BCUT2D eigenvalue weighted by Crippen LogP contribution is 2.53. The van der Waals surface area contributed by atoms with Crippen LogP contribution in [0.2, 0.25) is 10.0 Å². The number of hydrogen-bond donors (Lipinski definition) is 0. The van der Waals surface area contributed by atoms with Gasteiger partial charge in [-0.1, -0.05) is 61.3 Å². The number of rotatable bonds is 8. The van der Waals surface area contributed by atoms with Crippen LogP contribution in [0.25, 0.3) is 0 Å². The topological polar surface area (TPSA) is 65.5 Å². The molecule has 0 bridgehead atoms. The number of hydrogen-bond acceptors (Lipinski definition) is 6. The fourth-order valence-corrected chi connectivity index (χ4v) is 7.24. The molecule has 0 radical (unpaired) electrons. The van der Waals surface area contributed by atoms with Gasteiger partial charge in [0, 0.05) is 43.0 Å². The van der Waals surface area contributed by atoms with Crippen molar-refractivity contribution in [3.63, 3.8) is 0 Å². The Morgan fingerprint density at radius 3 is 2.30 bits per heavy atom. The fourth-order valence-electron chi connectivity index (χ4n) is 5.68. The summed E-state index contributed by atoms with van der Waals surface area (Å²) < 4.78 is 5.15. The molecule has 0 aliphatic carbocycles. The lowest BCUT2D eigenvalue weighted by Gasteiger charge is -2.32. The Balaban J connectivity index is 1.51. The molecular weight excluding hydrogens is 567 g/mol. The lowest BCUT2D eigenvalue weighted by atomic mass is 9.92. The van der Waals surface area contributed by atoms with E-state index >= 15 is 0 Å². The molecule has 0 saturated carbocycles. The molecule has 0 aromatic heterocycles. The predicted octanol–water partition coefficient (Wildman–Crippen LogP) is 6.16. The summed E-state index contributed by atoms with van der Waals surface area (Å²) >= 11 is 13.9. The maximum atomic E-state index is 14.2. The summed E-state index contributed by atoms with van der Waals surface area (Å²) in [4.78, 5) is 38.9. The molecule has 7 nitrogen and oxygen atoms in total. The lowest BCUT2D eigenvalue weighted by molar-refractivity contribution is -0.141. The molecule has 0 unspecified atom stereocenters. The first-order chi connectivity index (χ1) is 19.2. The van der Waals surface area contributed by atoms with E-state index < -0.39 is 6.04 Å². The van der Waals surface area contributed by atoms with Crippen molar-refractivity contribution < 1.29 is 14.3 Å². The highest BCUT2D eigenvalue weighted by atomic mass is 35.5. The van der Waals surface area contributed by atoms with Crippen LogP contribution < -0.4 is 0 Å². The van der Waals surface area contributed by atoms with Crippen LogP contribution in [0.15, 0.2) is 64.1 Å². The van der Waals surface area contributed by atoms with E-state index in [4.69, 9.17) is 32.9 Å². The van der Waals surface area contributed by atoms with Gasteiger partial charge >= 0.3 is 0 Å². The standard InChI is InChI=1S/C30H34Cl2N4O3S/c1-18(2)25-27(29(38)35-15-5-6-23(35)28(37)34(3)16-17-39-4)40-30-33-24(19-7-11-21(31)12-8-19)26(36(25)30)20-9-13-22(32)14-10-20/h7-14,18,23-24,26H,5-6,15-17H2,1-4H3/t23-,24-,26+/m0/s1. The second kappa shape index (κ2) is 12.1. The molecule has 2 aromatic rings. The largest absolute Gasteiger partial charge is 0.383 e. The summed E-state index contributed by atoms with van der Waals surface area (Å²) in [5.74, 6) is -0.0870. The van der Waals surface area contributed by atoms with E-state index in [1.165, 1.54) is 11.8 Å². The predicted molar refractivity (Wildman–Crippen MR) is 161 cm³/mol. The van der Waals surface area contributed by atoms with Gasteiger partial charge in [0.25, 0.3) is 5.91 Å². The molecule has 0 spiro atoms. The first kappa shape index (κ1) is 29.0. The van der Waals surface area contributed by atoms with Crippen molar-refractivity contribution in [2.45, 2.75) is 44.8 Å². The first-order valence-electron chi connectivity index (χ1n) is 13.6. The van der Waals surface area contributed by atoms with E-state index in [0.717, 1.165) is 28.4 Å². The van der Waals surface area contributed by atoms with Crippen molar-refractivity contribution >= 4 is 51.9 Å². The van der Waals surface area contributed by atoms with E-state index in [-0.39, 0.29) is 29.8 Å². The second-order valence-corrected chi connectivity index (χ2v) is 12.5. The second-order valence-electron chi connectivity index (χ2n) is 10.7. The number of thioether (sulfide) groups is 1. The molecule has 3 atom stereocenters. The third-order valence-electron chi connectivity index (χ3n) is 7.69. The average molecular weight is 602 g/mol. The van der Waals surface area contributed by atoms with Gasteiger partial charge in [0.05, 0.1) is 12.6 Å². The summed E-state index contributed by atoms with van der Waals surface area (Å²) in [6, 6.07) is 14.8. The number of likely N-dealkylation sites (tertiary alicyclic amines) is 1. The Kier molecular flexibility index (Phi) is 8.80. The minimum absolute atomic E-state index is 0.0442. The van der Waals surface area contributed by atoms with Gasteiger partial charge in [-0.05, 0) is 65.9 Å². The van der Waals surface area contributed by atoms with Crippen LogP contribution in [0.3, 0.4) is 0 Å². The molecule has 1 fully saturated rings. The number of carbonyl (C=O) groups excluding carboxylic acids is 2. The van der Waals surface area contributed by atoms with E-state index in [0.29, 0.717) is 41.1 Å². The van der Waals surface area contributed by atoms with Gasteiger partial charge < -0.3 is 19.4 Å². The number of methoxy groups -OCH3 is 1. The van der Waals surface area contributed by atoms with Crippen molar-refractivity contribution in [3.05, 3.63) is 80.3 Å². The molecule has 1 saturated heterocycles. The normalized spacial score (nSPS) is 22.3. The molecule has 3 aliphatic rings. The number of carbonyl (C=O) groups is 2. The molecule has 2 amide bonds. The zero-order valence-electron chi connectivity index (χ0n) is 23.1. The molecule has 10 heteroatoms. The third-order valence-corrected chi connectivity index (χ3v) is 9.26. The number of amides is 2. The zero-order valence-corrected chi connectivity index (χ0v) is 25.5. The monoisotopic (exact) mass is 600 g/mol. The number of amidine groups is 1. The van der Waals surface area contributed by atoms with Crippen LogP contribution in [0, 0.1) is 5.92 Å². The Labute approximate surface area is 250 Å². The maximum absolute atomic E-state index is 14.2. The Bertz CT molecular complexity index is 1330. The Hall–Kier alpha value is -2.52. The van der Waals surface area contributed by atoms with Crippen molar-refractivity contribution in [1.82, 2.24) is 14.7 Å². The summed E-state index contributed by atoms with van der Waals surface area (Å²) in [5.41, 5.74) is 3.05. The van der Waals surface area contributed by atoms with Crippen LogP contribution in [0.5, 0.6) is 0 Å². The summed E-state index contributed by atoms with van der Waals surface area (Å²) in [6.07, 6.45) is 1.46. The molecule has 0 N–H and O–H groups in total. The minimum Gasteiger partial charge on any atom is -0.383 e. The molecule has 40 heavy (non-hydrogen) atoms. The smallest absolute Gasteiger partial charge is 0.263 e. The van der Waals surface area contributed by atoms with Crippen molar-refractivity contribution in [2.75, 3.05) is 33.9 Å². The van der Waals surface area contributed by atoms with Gasteiger partial charge in [-0.2, -0.15) is 0 Å². The van der Waals surface area contributed by atoms with Crippen LogP contribution >= 0.6 is 35.0 Å². The van der Waals surface area contributed by atoms with Gasteiger partial charge in [0.15, 0.2) is 5.17 Å². The third kappa shape index (κ3) is 5.51. The van der Waals surface area contributed by atoms with E-state index in [2.05, 4.69) is 18.7 Å². The van der Waals surface area contributed by atoms with Gasteiger partial charge in [-0.15, -0.1) is 0 Å². The number of allylic oxidation sites excluding steroid dienone is 1. The average Bonchev–Trinajstić information content (AvgIpc) is 3.66. The summed E-state index contributed by atoms with van der Waals surface area (Å²) in [7, 11) is 3.38. The van der Waals surface area contributed by atoms with Gasteiger partial charge in [-0.25, -0.2) is 0 Å². The molecule has 3 aliphatic heterocycles. The SMILES string of the molecule is COCCN(C)C(=O)[C@@H]1CCCN1C(=O)C1=C(C(C)C)N2C(=N[C@@H](c3ccc(Cl)cc3)[C@H]2c2ccc(Cl)cc2)S1. The van der Waals surface area contributed by atoms with Crippen LogP contribution in [-0.2, 0) is 14.3 Å². The lowest BCUT2D eigenvalue weighted by Crippen LogP contribution is -2.47. The van der Waals surface area contributed by atoms with E-state index in [1.807, 2.05) is 48.5 Å². The highest BCUT2D eigenvalue weighted by molar-refractivity contribution is 8.18. The van der Waals surface area contributed by atoms with E-state index in [9.17, 15) is 9.59 Å². The molecule has 5 rings (SSSR count). The quantitative estimate of drug-likeness (QED) is 0.363. The van der Waals surface area contributed by atoms with Crippen LogP contribution in [-0.4, -0.2) is 71.6 Å². The Morgan fingerprint density at radius 2 is 1.70 bits per heavy atom. The number of halogens is 2. The van der Waals surface area contributed by atoms with Crippen molar-refractivity contribution in [2.24, 2.45) is 10.9 Å². The fraction of sp³-hybridized carbons (Fsp3) is 0.433. The van der Waals surface area contributed by atoms with Crippen molar-refractivity contribution in [1.29, 1.82) is 0 Å². The molecule has 3 heterocycles. The minimum atomic E-state index is -0.470. The molecule has 2 aromatic carbocycles. The van der Waals surface area contributed by atoms with Gasteiger partial charge in [0.2, 0.25) is 5.91 Å².